The van der Waals surface area contributed by atoms with Gasteiger partial charge >= 0.3 is 5.97 Å². The van der Waals surface area contributed by atoms with Crippen LogP contribution in [0.3, 0.4) is 0 Å². The molecule has 2 heteroatoms. The van der Waals surface area contributed by atoms with Crippen molar-refractivity contribution in [3.8, 4) is 11.8 Å². The van der Waals surface area contributed by atoms with E-state index in [1.807, 2.05) is 20.8 Å². The molecule has 0 N–H and O–H groups in total. The number of carbonyl (C=O) groups excluding carboxylic acids is 1. The van der Waals surface area contributed by atoms with Gasteiger partial charge in [0, 0.05) is 5.41 Å². The molecule has 0 atom stereocenters. The molecule has 0 spiro atoms. The van der Waals surface area contributed by atoms with E-state index in [0.29, 0.717) is 6.61 Å². The molecule has 0 amide bonds. The molecule has 0 unspecified atom stereocenters. The minimum atomic E-state index is -0.241. The van der Waals surface area contributed by atoms with E-state index in [0.717, 1.165) is 0 Å². The molecular formula is C10H16O2. The third kappa shape index (κ3) is 7.14. The molecule has 12 heavy (non-hydrogen) atoms. The second-order valence-corrected chi connectivity index (χ2v) is 3.53. The quantitative estimate of drug-likeness (QED) is 0.465. The van der Waals surface area contributed by atoms with E-state index in [-0.39, 0.29) is 17.8 Å². The Labute approximate surface area is 74.3 Å². The van der Waals surface area contributed by atoms with Gasteiger partial charge in [-0.15, -0.1) is 0 Å². The van der Waals surface area contributed by atoms with Gasteiger partial charge in [0.05, 0.1) is 6.61 Å². The Bertz CT molecular complexity index is 200. The maximum Gasteiger partial charge on any atom is 0.317 e. The summed E-state index contributed by atoms with van der Waals surface area (Å²) in [5, 5.41) is 0. The smallest absolute Gasteiger partial charge is 0.317 e. The van der Waals surface area contributed by atoms with E-state index in [1.165, 1.54) is 0 Å². The SMILES string of the molecule is CCOC(=O)CC#CC(C)(C)C. The molecule has 0 aromatic rings. The number of ether oxygens (including phenoxy) is 1. The Kier molecular flexibility index (Phi) is 4.43. The Morgan fingerprint density at radius 2 is 2.00 bits per heavy atom. The van der Waals surface area contributed by atoms with Crippen molar-refractivity contribution in [3.63, 3.8) is 0 Å². The van der Waals surface area contributed by atoms with Crippen LogP contribution in [0.2, 0.25) is 0 Å². The van der Waals surface area contributed by atoms with Gasteiger partial charge in [-0.3, -0.25) is 4.79 Å². The maximum absolute atomic E-state index is 10.8. The summed E-state index contributed by atoms with van der Waals surface area (Å²) in [5.41, 5.74) is -0.0352. The zero-order valence-electron chi connectivity index (χ0n) is 8.23. The zero-order chi connectivity index (χ0) is 9.61. The summed E-state index contributed by atoms with van der Waals surface area (Å²) in [4.78, 5) is 10.8. The minimum absolute atomic E-state index is 0.0352. The van der Waals surface area contributed by atoms with Gasteiger partial charge in [-0.25, -0.2) is 0 Å². The lowest BCUT2D eigenvalue weighted by Crippen LogP contribution is -2.03. The molecule has 0 saturated heterocycles. The van der Waals surface area contributed by atoms with Crippen LogP contribution in [0.4, 0.5) is 0 Å². The monoisotopic (exact) mass is 168 g/mol. The van der Waals surface area contributed by atoms with Crippen LogP contribution < -0.4 is 0 Å². The van der Waals surface area contributed by atoms with Crippen molar-refractivity contribution in [2.75, 3.05) is 6.61 Å². The number of rotatable bonds is 2. The second-order valence-electron chi connectivity index (χ2n) is 3.53. The van der Waals surface area contributed by atoms with Crippen molar-refractivity contribution in [2.24, 2.45) is 5.41 Å². The summed E-state index contributed by atoms with van der Waals surface area (Å²) in [6.07, 6.45) is 0.200. The Morgan fingerprint density at radius 1 is 1.42 bits per heavy atom. The van der Waals surface area contributed by atoms with E-state index < -0.39 is 0 Å². The Balaban J connectivity index is 3.79. The van der Waals surface area contributed by atoms with Crippen molar-refractivity contribution in [1.29, 1.82) is 0 Å². The minimum Gasteiger partial charge on any atom is -0.465 e. The van der Waals surface area contributed by atoms with Crippen LogP contribution in [0.1, 0.15) is 34.1 Å². The first-order chi connectivity index (χ1) is 5.45. The molecule has 0 aliphatic carbocycles. The molecule has 0 aliphatic heterocycles. The molecule has 0 aromatic heterocycles. The molecular weight excluding hydrogens is 152 g/mol. The highest BCUT2D eigenvalue weighted by atomic mass is 16.5. The molecule has 0 saturated carbocycles. The van der Waals surface area contributed by atoms with E-state index in [1.54, 1.807) is 6.92 Å². The molecule has 0 rings (SSSR count). The van der Waals surface area contributed by atoms with Gasteiger partial charge in [0.2, 0.25) is 0 Å². The van der Waals surface area contributed by atoms with Crippen LogP contribution in [0.25, 0.3) is 0 Å². The molecule has 0 radical (unpaired) electrons. The van der Waals surface area contributed by atoms with E-state index in [2.05, 4.69) is 11.8 Å². The van der Waals surface area contributed by atoms with E-state index in [4.69, 9.17) is 4.74 Å². The molecule has 2 nitrogen and oxygen atoms in total. The molecule has 0 aromatic carbocycles. The summed E-state index contributed by atoms with van der Waals surface area (Å²) in [6.45, 7) is 8.23. The number of esters is 1. The topological polar surface area (TPSA) is 26.3 Å². The van der Waals surface area contributed by atoms with Crippen LogP contribution in [0, 0.1) is 17.3 Å². The zero-order valence-corrected chi connectivity index (χ0v) is 8.23. The van der Waals surface area contributed by atoms with Crippen molar-refractivity contribution in [3.05, 3.63) is 0 Å². The van der Waals surface area contributed by atoms with Gasteiger partial charge in [0.25, 0.3) is 0 Å². The maximum atomic E-state index is 10.8. The van der Waals surface area contributed by atoms with Crippen LogP contribution in [0.15, 0.2) is 0 Å². The predicted molar refractivity (Wildman–Crippen MR) is 48.5 cm³/mol. The Morgan fingerprint density at radius 3 is 2.42 bits per heavy atom. The first kappa shape index (κ1) is 11.0. The van der Waals surface area contributed by atoms with Gasteiger partial charge in [-0.1, -0.05) is 11.8 Å². The number of hydrogen-bond acceptors (Lipinski definition) is 2. The highest BCUT2D eigenvalue weighted by molar-refractivity contribution is 5.72. The fraction of sp³-hybridized carbons (Fsp3) is 0.700. The van der Waals surface area contributed by atoms with Crippen LogP contribution in [-0.2, 0) is 9.53 Å². The van der Waals surface area contributed by atoms with Crippen molar-refractivity contribution in [1.82, 2.24) is 0 Å². The van der Waals surface area contributed by atoms with E-state index in [9.17, 15) is 4.79 Å². The standard InChI is InChI=1S/C10H16O2/c1-5-12-9(11)7-6-8-10(2,3)4/h5,7H2,1-4H3. The lowest BCUT2D eigenvalue weighted by atomic mass is 9.98. The molecule has 0 bridgehead atoms. The number of hydrogen-bond donors (Lipinski definition) is 0. The van der Waals surface area contributed by atoms with Crippen molar-refractivity contribution < 1.29 is 9.53 Å². The summed E-state index contributed by atoms with van der Waals surface area (Å²) in [5.74, 6) is 5.50. The first-order valence-corrected chi connectivity index (χ1v) is 4.11. The van der Waals surface area contributed by atoms with E-state index >= 15 is 0 Å². The van der Waals surface area contributed by atoms with Crippen LogP contribution in [0.5, 0.6) is 0 Å². The van der Waals surface area contributed by atoms with Gasteiger partial charge in [-0.05, 0) is 27.7 Å². The largest absolute Gasteiger partial charge is 0.465 e. The summed E-state index contributed by atoms with van der Waals surface area (Å²) >= 11 is 0. The van der Waals surface area contributed by atoms with Gasteiger partial charge in [0.1, 0.15) is 6.42 Å². The molecule has 68 valence electrons. The fourth-order valence-electron chi connectivity index (χ4n) is 0.594. The van der Waals surface area contributed by atoms with Gasteiger partial charge in [-0.2, -0.15) is 0 Å². The van der Waals surface area contributed by atoms with Crippen LogP contribution >= 0.6 is 0 Å². The third-order valence-electron chi connectivity index (χ3n) is 1.00. The van der Waals surface area contributed by atoms with Gasteiger partial charge in [0.15, 0.2) is 0 Å². The molecule has 0 fully saturated rings. The van der Waals surface area contributed by atoms with Crippen LogP contribution in [-0.4, -0.2) is 12.6 Å². The lowest BCUT2D eigenvalue weighted by molar-refractivity contribution is -0.141. The highest BCUT2D eigenvalue weighted by Gasteiger charge is 2.04. The normalized spacial score (nSPS) is 10.0. The second kappa shape index (κ2) is 4.82. The third-order valence-corrected chi connectivity index (χ3v) is 1.00. The number of carbonyl (C=O) groups is 1. The lowest BCUT2D eigenvalue weighted by Gasteiger charge is -2.06. The predicted octanol–water partition coefficient (Wildman–Crippen LogP) is 1.99. The highest BCUT2D eigenvalue weighted by Crippen LogP contribution is 2.09. The molecule has 0 heterocycles. The van der Waals surface area contributed by atoms with Crippen molar-refractivity contribution >= 4 is 5.97 Å². The first-order valence-electron chi connectivity index (χ1n) is 4.11. The average molecular weight is 168 g/mol. The van der Waals surface area contributed by atoms with Crippen molar-refractivity contribution in [2.45, 2.75) is 34.1 Å². The summed E-state index contributed by atoms with van der Waals surface area (Å²) in [6, 6.07) is 0. The summed E-state index contributed by atoms with van der Waals surface area (Å²) in [7, 11) is 0. The fourth-order valence-corrected chi connectivity index (χ4v) is 0.594. The molecule has 0 aliphatic rings. The Hall–Kier alpha value is -0.970. The average Bonchev–Trinajstić information content (AvgIpc) is 1.84. The summed E-state index contributed by atoms with van der Waals surface area (Å²) < 4.78 is 4.72. The van der Waals surface area contributed by atoms with Gasteiger partial charge < -0.3 is 4.74 Å².